The second-order valence-electron chi connectivity index (χ2n) is 8.03. The van der Waals surface area contributed by atoms with Crippen LogP contribution < -0.4 is 0 Å². The number of thiophene rings is 1. The highest BCUT2D eigenvalue weighted by Crippen LogP contribution is 2.30. The third-order valence-corrected chi connectivity index (χ3v) is 7.04. The Bertz CT molecular complexity index is 1200. The molecular formula is C23H22ClN3O4S. The predicted molar refractivity (Wildman–Crippen MR) is 123 cm³/mol. The molecule has 7 nitrogen and oxygen atoms in total. The number of benzene rings is 1. The average molecular weight is 472 g/mol. The molecule has 0 radical (unpaired) electrons. The molecule has 2 atom stereocenters. The average Bonchev–Trinajstić information content (AvgIpc) is 3.17. The van der Waals surface area contributed by atoms with Crippen LogP contribution in [0.1, 0.15) is 39.4 Å². The van der Waals surface area contributed by atoms with Crippen molar-refractivity contribution in [3.05, 3.63) is 62.9 Å². The van der Waals surface area contributed by atoms with Gasteiger partial charge in [-0.3, -0.25) is 14.5 Å². The number of halogens is 1. The molecule has 0 bridgehead atoms. The molecule has 1 saturated heterocycles. The van der Waals surface area contributed by atoms with Gasteiger partial charge < -0.3 is 10.0 Å². The lowest BCUT2D eigenvalue weighted by molar-refractivity contribution is -0.131. The van der Waals surface area contributed by atoms with Crippen molar-refractivity contribution >= 4 is 51.5 Å². The highest BCUT2D eigenvalue weighted by molar-refractivity contribution is 7.14. The summed E-state index contributed by atoms with van der Waals surface area (Å²) >= 11 is 7.31. The molecule has 0 saturated carbocycles. The van der Waals surface area contributed by atoms with Crippen molar-refractivity contribution in [1.82, 2.24) is 14.8 Å². The highest BCUT2D eigenvalue weighted by Gasteiger charge is 2.34. The molecule has 166 valence electrons. The van der Waals surface area contributed by atoms with E-state index in [2.05, 4.69) is 28.9 Å². The fraction of sp³-hybridized carbons (Fsp3) is 0.304. The number of aromatic nitrogens is 1. The summed E-state index contributed by atoms with van der Waals surface area (Å²) in [6, 6.07) is 11.8. The van der Waals surface area contributed by atoms with E-state index >= 15 is 0 Å². The maximum Gasteiger partial charge on any atom is 0.378 e. The van der Waals surface area contributed by atoms with Gasteiger partial charge in [-0.2, -0.15) is 0 Å². The molecule has 2 aromatic heterocycles. The number of hydrogen-bond acceptors (Lipinski definition) is 6. The van der Waals surface area contributed by atoms with Crippen LogP contribution in [-0.2, 0) is 11.3 Å². The molecule has 0 spiro atoms. The van der Waals surface area contributed by atoms with Crippen LogP contribution in [0.5, 0.6) is 0 Å². The first-order valence-corrected chi connectivity index (χ1v) is 11.5. The molecule has 3 aromatic rings. The number of carbonyl (C=O) groups is 3. The number of nitrogens with zero attached hydrogens (tertiary/aromatic N) is 3. The zero-order valence-corrected chi connectivity index (χ0v) is 19.2. The number of Topliss-reactive ketones (excluding diaryl/α,β-unsaturated/α-hetero) is 1. The van der Waals surface area contributed by atoms with Crippen molar-refractivity contribution < 1.29 is 19.5 Å². The van der Waals surface area contributed by atoms with Crippen molar-refractivity contribution in [2.24, 2.45) is 0 Å². The van der Waals surface area contributed by atoms with E-state index in [0.717, 1.165) is 17.9 Å². The van der Waals surface area contributed by atoms with E-state index < -0.39 is 11.8 Å². The molecule has 32 heavy (non-hydrogen) atoms. The number of carbonyl (C=O) groups excluding carboxylic acids is 2. The van der Waals surface area contributed by atoms with Gasteiger partial charge in [0.05, 0.1) is 16.0 Å². The van der Waals surface area contributed by atoms with Gasteiger partial charge in [-0.1, -0.05) is 41.9 Å². The summed E-state index contributed by atoms with van der Waals surface area (Å²) in [4.78, 5) is 45.0. The zero-order valence-electron chi connectivity index (χ0n) is 17.6. The lowest BCUT2D eigenvalue weighted by Gasteiger charge is -2.44. The summed E-state index contributed by atoms with van der Waals surface area (Å²) in [5.74, 6) is -2.85. The molecule has 1 amide bonds. The first-order chi connectivity index (χ1) is 15.3. The number of amides is 1. The topological polar surface area (TPSA) is 90.8 Å². The molecule has 0 aliphatic carbocycles. The Morgan fingerprint density at radius 3 is 2.56 bits per heavy atom. The van der Waals surface area contributed by atoms with Gasteiger partial charge in [0.25, 0.3) is 11.7 Å². The van der Waals surface area contributed by atoms with E-state index in [4.69, 9.17) is 16.7 Å². The summed E-state index contributed by atoms with van der Waals surface area (Å²) in [7, 11) is 0. The van der Waals surface area contributed by atoms with E-state index in [1.165, 1.54) is 11.6 Å². The van der Waals surface area contributed by atoms with Crippen molar-refractivity contribution in [2.75, 3.05) is 13.1 Å². The fourth-order valence-corrected chi connectivity index (χ4v) is 5.17. The van der Waals surface area contributed by atoms with Crippen LogP contribution in [0.2, 0.25) is 5.15 Å². The van der Waals surface area contributed by atoms with Crippen LogP contribution in [0.4, 0.5) is 0 Å². The van der Waals surface area contributed by atoms with E-state index in [0.29, 0.717) is 24.0 Å². The van der Waals surface area contributed by atoms with Crippen LogP contribution in [0.25, 0.3) is 10.9 Å². The SMILES string of the molecule is C[C@@H]1CN(Cc2ccccc2)[C@@H](C)CN1C(=O)c1cc2c(C(=O)C(=O)O)scc2nc1Cl. The first-order valence-electron chi connectivity index (χ1n) is 10.2. The molecule has 1 N–H and O–H groups in total. The van der Waals surface area contributed by atoms with Gasteiger partial charge in [-0.25, -0.2) is 9.78 Å². The van der Waals surface area contributed by atoms with Crippen molar-refractivity contribution in [2.45, 2.75) is 32.5 Å². The van der Waals surface area contributed by atoms with Gasteiger partial charge >= 0.3 is 5.97 Å². The van der Waals surface area contributed by atoms with Gasteiger partial charge in [0.2, 0.25) is 0 Å². The number of pyridine rings is 1. The predicted octanol–water partition coefficient (Wildman–Crippen LogP) is 3.95. The Balaban J connectivity index is 1.59. The summed E-state index contributed by atoms with van der Waals surface area (Å²) in [5.41, 5.74) is 1.79. The molecule has 3 heterocycles. The smallest absolute Gasteiger partial charge is 0.378 e. The largest absolute Gasteiger partial charge is 0.475 e. The Kier molecular flexibility index (Phi) is 6.28. The van der Waals surface area contributed by atoms with Crippen LogP contribution >= 0.6 is 22.9 Å². The Morgan fingerprint density at radius 1 is 1.16 bits per heavy atom. The minimum absolute atomic E-state index is 0.0415. The van der Waals surface area contributed by atoms with Gasteiger partial charge in [-0.05, 0) is 25.5 Å². The maximum atomic E-state index is 13.4. The monoisotopic (exact) mass is 471 g/mol. The lowest BCUT2D eigenvalue weighted by Crippen LogP contribution is -2.57. The van der Waals surface area contributed by atoms with Crippen molar-refractivity contribution in [3.8, 4) is 0 Å². The van der Waals surface area contributed by atoms with Gasteiger partial charge in [0.1, 0.15) is 5.15 Å². The van der Waals surface area contributed by atoms with Crippen molar-refractivity contribution in [3.63, 3.8) is 0 Å². The second-order valence-corrected chi connectivity index (χ2v) is 9.27. The molecule has 1 aromatic carbocycles. The second kappa shape index (κ2) is 8.97. The number of aliphatic carboxylic acids is 1. The van der Waals surface area contributed by atoms with Crippen LogP contribution in [0.3, 0.4) is 0 Å². The van der Waals surface area contributed by atoms with Gasteiger partial charge in [0, 0.05) is 42.5 Å². The third-order valence-electron chi connectivity index (χ3n) is 5.77. The minimum atomic E-state index is -1.55. The van der Waals surface area contributed by atoms with E-state index in [1.54, 1.807) is 10.3 Å². The molecule has 4 rings (SSSR count). The molecule has 1 aliphatic heterocycles. The van der Waals surface area contributed by atoms with E-state index in [1.807, 2.05) is 25.1 Å². The molecular weight excluding hydrogens is 450 g/mol. The number of carboxylic acid groups (broad SMARTS) is 1. The molecule has 0 unspecified atom stereocenters. The fourth-order valence-electron chi connectivity index (χ4n) is 4.05. The molecule has 9 heteroatoms. The lowest BCUT2D eigenvalue weighted by atomic mass is 10.0. The number of hydrogen-bond donors (Lipinski definition) is 1. The van der Waals surface area contributed by atoms with Crippen molar-refractivity contribution in [1.29, 1.82) is 0 Å². The Hall–Kier alpha value is -2.81. The van der Waals surface area contributed by atoms with Crippen LogP contribution in [0, 0.1) is 0 Å². The summed E-state index contributed by atoms with van der Waals surface area (Å²) in [5, 5.41) is 11.0. The van der Waals surface area contributed by atoms with E-state index in [-0.39, 0.29) is 33.6 Å². The zero-order chi connectivity index (χ0) is 23.0. The number of carboxylic acids is 1. The number of rotatable bonds is 5. The number of ketones is 1. The first kappa shape index (κ1) is 22.4. The van der Waals surface area contributed by atoms with Crippen LogP contribution in [-0.4, -0.2) is 62.7 Å². The summed E-state index contributed by atoms with van der Waals surface area (Å²) < 4.78 is 0. The molecule has 1 fully saturated rings. The standard InChI is InChI=1S/C23H22ClN3O4S/c1-13-10-27(14(2)9-26(13)11-15-6-4-3-5-7-15)22(29)17-8-16-18(25-21(17)24)12-32-20(16)19(28)23(30)31/h3-8,12-14H,9-11H2,1-2H3,(H,30,31)/t13-,14+/m0/s1. The number of fused-ring (bicyclic) bond motifs is 1. The van der Waals surface area contributed by atoms with Gasteiger partial charge in [-0.15, -0.1) is 11.3 Å². The van der Waals surface area contributed by atoms with Gasteiger partial charge in [0.15, 0.2) is 0 Å². The van der Waals surface area contributed by atoms with Crippen LogP contribution in [0.15, 0.2) is 41.8 Å². The summed E-state index contributed by atoms with van der Waals surface area (Å²) in [6.07, 6.45) is 0. The minimum Gasteiger partial charge on any atom is -0.475 e. The molecule has 1 aliphatic rings. The third kappa shape index (κ3) is 4.26. The quantitative estimate of drug-likeness (QED) is 0.344. The summed E-state index contributed by atoms with van der Waals surface area (Å²) in [6.45, 7) is 6.10. The maximum absolute atomic E-state index is 13.4. The Morgan fingerprint density at radius 2 is 1.88 bits per heavy atom. The Labute approximate surface area is 194 Å². The number of piperazine rings is 1. The van der Waals surface area contributed by atoms with E-state index in [9.17, 15) is 14.4 Å². The highest BCUT2D eigenvalue weighted by atomic mass is 35.5. The normalized spacial score (nSPS) is 19.3.